The van der Waals surface area contributed by atoms with Crippen LogP contribution in [0.1, 0.15) is 18.4 Å². The van der Waals surface area contributed by atoms with Crippen LogP contribution in [0.5, 0.6) is 0 Å². The van der Waals surface area contributed by atoms with Crippen LogP contribution < -0.4 is 0 Å². The molecule has 2 heterocycles. The minimum Gasteiger partial charge on any atom is -0.416 e. The molecule has 0 fully saturated rings. The van der Waals surface area contributed by atoms with Crippen molar-refractivity contribution >= 4 is 11.1 Å². The molecular formula is C41H30N4O2. The van der Waals surface area contributed by atoms with E-state index in [9.17, 15) is 0 Å². The highest BCUT2D eigenvalue weighted by Crippen LogP contribution is 2.29. The van der Waals surface area contributed by atoms with E-state index in [-0.39, 0.29) is 0 Å². The zero-order chi connectivity index (χ0) is 32.0. The van der Waals surface area contributed by atoms with Gasteiger partial charge in [-0.15, -0.1) is 20.4 Å². The van der Waals surface area contributed by atoms with Crippen LogP contribution in [-0.4, -0.2) is 20.4 Å². The highest BCUT2D eigenvalue weighted by Gasteiger charge is 2.13. The number of hydrogen-bond acceptors (Lipinski definition) is 6. The Kier molecular flexibility index (Phi) is 8.30. The van der Waals surface area contributed by atoms with E-state index in [1.807, 2.05) is 110 Å². The maximum Gasteiger partial charge on any atom is 0.248 e. The fourth-order valence-corrected chi connectivity index (χ4v) is 5.19. The number of allylic oxidation sites excluding steroid dienone is 5. The minimum absolute atomic E-state index is 0.441. The van der Waals surface area contributed by atoms with E-state index in [4.69, 9.17) is 8.83 Å². The summed E-state index contributed by atoms with van der Waals surface area (Å²) in [4.78, 5) is 0. The summed E-state index contributed by atoms with van der Waals surface area (Å²) in [5.41, 5.74) is 9.73. The third-order valence-corrected chi connectivity index (χ3v) is 7.85. The summed E-state index contributed by atoms with van der Waals surface area (Å²) in [5.74, 6) is 1.84. The summed E-state index contributed by atoms with van der Waals surface area (Å²) in [5, 5.41) is 17.1. The average molecular weight is 611 g/mol. The molecule has 7 rings (SSSR count). The van der Waals surface area contributed by atoms with Crippen LogP contribution in [0.3, 0.4) is 0 Å². The molecule has 6 nitrogen and oxygen atoms in total. The molecule has 0 N–H and O–H groups in total. The van der Waals surface area contributed by atoms with Gasteiger partial charge in [0.1, 0.15) is 0 Å². The Bertz CT molecular complexity index is 2180. The molecule has 7 aromatic rings. The van der Waals surface area contributed by atoms with E-state index >= 15 is 0 Å². The lowest BCUT2D eigenvalue weighted by Gasteiger charge is -2.03. The van der Waals surface area contributed by atoms with E-state index < -0.39 is 0 Å². The zero-order valence-electron chi connectivity index (χ0n) is 25.7. The molecule has 0 atom stereocenters. The molecule has 47 heavy (non-hydrogen) atoms. The molecule has 0 aliphatic heterocycles. The Morgan fingerprint density at radius 1 is 0.468 bits per heavy atom. The first-order chi connectivity index (χ1) is 23.1. The van der Waals surface area contributed by atoms with Gasteiger partial charge in [0.25, 0.3) is 0 Å². The lowest BCUT2D eigenvalue weighted by atomic mass is 10.0. The van der Waals surface area contributed by atoms with Crippen molar-refractivity contribution in [1.82, 2.24) is 20.4 Å². The molecule has 0 aliphatic rings. The van der Waals surface area contributed by atoms with Gasteiger partial charge in [-0.25, -0.2) is 0 Å². The van der Waals surface area contributed by atoms with E-state index in [0.29, 0.717) is 23.6 Å². The van der Waals surface area contributed by atoms with Gasteiger partial charge in [0.2, 0.25) is 23.6 Å². The van der Waals surface area contributed by atoms with Crippen molar-refractivity contribution < 1.29 is 8.83 Å². The first-order valence-electron chi connectivity index (χ1n) is 15.3. The highest BCUT2D eigenvalue weighted by atomic mass is 16.4. The van der Waals surface area contributed by atoms with Crippen LogP contribution in [0.2, 0.25) is 0 Å². The summed E-state index contributed by atoms with van der Waals surface area (Å²) in [6.45, 7) is 6.19. The maximum atomic E-state index is 6.04. The second-order valence-corrected chi connectivity index (χ2v) is 10.9. The Balaban J connectivity index is 0.997. The first kappa shape index (κ1) is 29.3. The molecule has 2 aromatic heterocycles. The van der Waals surface area contributed by atoms with Crippen molar-refractivity contribution in [2.45, 2.75) is 6.92 Å². The Labute approximate surface area is 273 Å². The zero-order valence-corrected chi connectivity index (χ0v) is 25.7. The summed E-state index contributed by atoms with van der Waals surface area (Å²) in [7, 11) is 0. The van der Waals surface area contributed by atoms with Crippen molar-refractivity contribution in [3.63, 3.8) is 0 Å². The number of benzene rings is 5. The molecule has 5 aromatic carbocycles. The van der Waals surface area contributed by atoms with Crippen LogP contribution in [0.4, 0.5) is 0 Å². The maximum absolute atomic E-state index is 6.04. The smallest absolute Gasteiger partial charge is 0.248 e. The van der Waals surface area contributed by atoms with Gasteiger partial charge in [-0.05, 0) is 82.8 Å². The predicted octanol–water partition coefficient (Wildman–Crippen LogP) is 10.5. The van der Waals surface area contributed by atoms with E-state index in [0.717, 1.165) is 55.7 Å². The fraction of sp³-hybridized carbons (Fsp3) is 0.0244. The first-order valence-corrected chi connectivity index (χ1v) is 15.3. The number of nitrogens with zero attached hydrogens (tertiary/aromatic N) is 4. The molecule has 6 heteroatoms. The van der Waals surface area contributed by atoms with Crippen molar-refractivity contribution in [2.75, 3.05) is 0 Å². The normalized spacial score (nSPS) is 11.6. The van der Waals surface area contributed by atoms with Gasteiger partial charge in [0.15, 0.2) is 0 Å². The molecule has 0 saturated carbocycles. The molecule has 226 valence electrons. The highest BCUT2D eigenvalue weighted by molar-refractivity contribution is 5.79. The van der Waals surface area contributed by atoms with E-state index in [1.54, 1.807) is 0 Å². The topological polar surface area (TPSA) is 77.8 Å². The number of hydrogen-bond donors (Lipinski definition) is 0. The number of aromatic nitrogens is 4. The Morgan fingerprint density at radius 2 is 0.872 bits per heavy atom. The standard InChI is InChI=1S/C41H30N4O2/c1-3-29(38-42-43-39(46-38)36-24-18-33(19-25-36)31-10-6-4-7-11-31)15-14-28(2)30-16-22-35(23-17-30)40-44-45-41(47-40)37-26-20-34(21-27-37)32-12-8-5-9-13-32/h3-27H,2H2,1H3/b15-14-,29-3+. The van der Waals surface area contributed by atoms with Gasteiger partial charge in [-0.2, -0.15) is 0 Å². The van der Waals surface area contributed by atoms with Gasteiger partial charge in [-0.1, -0.05) is 116 Å². The third kappa shape index (κ3) is 6.53. The van der Waals surface area contributed by atoms with Crippen molar-refractivity contribution in [1.29, 1.82) is 0 Å². The lowest BCUT2D eigenvalue weighted by Crippen LogP contribution is -1.84. The number of rotatable bonds is 9. The summed E-state index contributed by atoms with van der Waals surface area (Å²) in [6.07, 6.45) is 5.80. The molecule has 0 saturated heterocycles. The van der Waals surface area contributed by atoms with Crippen LogP contribution in [-0.2, 0) is 0 Å². The second-order valence-electron chi connectivity index (χ2n) is 10.9. The monoisotopic (exact) mass is 610 g/mol. The van der Waals surface area contributed by atoms with E-state index in [2.05, 4.69) is 75.5 Å². The summed E-state index contributed by atoms with van der Waals surface area (Å²) in [6, 6.07) is 44.6. The Hall–Kier alpha value is -6.40. The minimum atomic E-state index is 0.441. The van der Waals surface area contributed by atoms with Gasteiger partial charge >= 0.3 is 0 Å². The lowest BCUT2D eigenvalue weighted by molar-refractivity contribution is 0.554. The van der Waals surface area contributed by atoms with Crippen LogP contribution >= 0.6 is 0 Å². The van der Waals surface area contributed by atoms with Crippen LogP contribution in [0, 0.1) is 0 Å². The average Bonchev–Trinajstić information content (AvgIpc) is 3.84. The quantitative estimate of drug-likeness (QED) is 0.151. The van der Waals surface area contributed by atoms with E-state index in [1.165, 1.54) is 0 Å². The predicted molar refractivity (Wildman–Crippen MR) is 188 cm³/mol. The Morgan fingerprint density at radius 3 is 1.36 bits per heavy atom. The summed E-state index contributed by atoms with van der Waals surface area (Å²) < 4.78 is 12.1. The van der Waals surface area contributed by atoms with Gasteiger partial charge in [0, 0.05) is 22.3 Å². The third-order valence-electron chi connectivity index (χ3n) is 7.85. The van der Waals surface area contributed by atoms with Crippen molar-refractivity contribution in [2.24, 2.45) is 0 Å². The van der Waals surface area contributed by atoms with Crippen LogP contribution in [0.25, 0.3) is 67.8 Å². The second kappa shape index (κ2) is 13.3. The summed E-state index contributed by atoms with van der Waals surface area (Å²) >= 11 is 0. The van der Waals surface area contributed by atoms with Crippen LogP contribution in [0.15, 0.2) is 167 Å². The molecular weight excluding hydrogens is 580 g/mol. The molecule has 0 unspecified atom stereocenters. The van der Waals surface area contributed by atoms with Gasteiger partial charge < -0.3 is 8.83 Å². The molecule has 0 amide bonds. The largest absolute Gasteiger partial charge is 0.416 e. The van der Waals surface area contributed by atoms with Crippen molar-refractivity contribution in [3.8, 4) is 56.6 Å². The molecule has 0 bridgehead atoms. The SMILES string of the molecule is C=C(/C=C\C(=C/C)c1nnc(-c2ccc(-c3ccccc3)cc2)o1)c1ccc(-c2nnc(-c3ccc(-c4ccccc4)cc3)o2)cc1. The van der Waals surface area contributed by atoms with Crippen molar-refractivity contribution in [3.05, 3.63) is 170 Å². The fourth-order valence-electron chi connectivity index (χ4n) is 5.19. The van der Waals surface area contributed by atoms with Gasteiger partial charge in [0.05, 0.1) is 0 Å². The van der Waals surface area contributed by atoms with Gasteiger partial charge in [-0.3, -0.25) is 0 Å². The molecule has 0 aliphatic carbocycles. The molecule has 0 spiro atoms. The molecule has 0 radical (unpaired) electrons.